The van der Waals surface area contributed by atoms with Gasteiger partial charge in [-0.25, -0.2) is 9.97 Å². The third-order valence-corrected chi connectivity index (χ3v) is 4.29. The van der Waals surface area contributed by atoms with E-state index >= 15 is 0 Å². The van der Waals surface area contributed by atoms with Crippen molar-refractivity contribution in [1.82, 2.24) is 9.97 Å². The quantitative estimate of drug-likeness (QED) is 0.733. The van der Waals surface area contributed by atoms with Gasteiger partial charge in [0.2, 0.25) is 0 Å². The van der Waals surface area contributed by atoms with E-state index in [4.69, 9.17) is 4.98 Å². The van der Waals surface area contributed by atoms with Gasteiger partial charge in [0.15, 0.2) is 5.82 Å². The molecule has 0 aliphatic carbocycles. The van der Waals surface area contributed by atoms with Crippen molar-refractivity contribution in [3.63, 3.8) is 0 Å². The number of nitrogens with one attached hydrogen (secondary N) is 1. The number of rotatable bonds is 3. The van der Waals surface area contributed by atoms with Gasteiger partial charge in [-0.05, 0) is 35.0 Å². The molecule has 0 atom stereocenters. The summed E-state index contributed by atoms with van der Waals surface area (Å²) in [6, 6.07) is 8.06. The van der Waals surface area contributed by atoms with Crippen LogP contribution in [0.25, 0.3) is 11.4 Å². The lowest BCUT2D eigenvalue weighted by Gasteiger charge is -2.22. The molecule has 1 aromatic heterocycles. The molecule has 0 saturated heterocycles. The van der Waals surface area contributed by atoms with E-state index in [-0.39, 0.29) is 5.41 Å². The lowest BCUT2D eigenvalue weighted by atomic mass is 9.91. The average molecular weight is 413 g/mol. The molecule has 0 unspecified atom stereocenters. The Kier molecular flexibility index (Phi) is 5.04. The second-order valence-electron chi connectivity index (χ2n) is 5.85. The Bertz CT molecular complexity index is 631. The molecule has 2 aromatic rings. The Morgan fingerprint density at radius 3 is 2.19 bits per heavy atom. The van der Waals surface area contributed by atoms with Gasteiger partial charge in [-0.1, -0.05) is 48.8 Å². The molecular formula is C16H19Br2N3. The van der Waals surface area contributed by atoms with E-state index in [2.05, 4.69) is 69.9 Å². The Hall–Kier alpha value is -0.940. The zero-order valence-corrected chi connectivity index (χ0v) is 15.8. The summed E-state index contributed by atoms with van der Waals surface area (Å²) in [5.74, 6) is 1.59. The van der Waals surface area contributed by atoms with E-state index in [1.54, 1.807) is 0 Å². The molecule has 112 valence electrons. The summed E-state index contributed by atoms with van der Waals surface area (Å²) in [6.45, 7) is 9.34. The molecule has 21 heavy (non-hydrogen) atoms. The Labute approximate surface area is 142 Å². The molecule has 1 N–H and O–H groups in total. The first kappa shape index (κ1) is 16.4. The van der Waals surface area contributed by atoms with Crippen LogP contribution in [0, 0.1) is 0 Å². The predicted molar refractivity (Wildman–Crippen MR) is 95.7 cm³/mol. The zero-order valence-electron chi connectivity index (χ0n) is 12.7. The van der Waals surface area contributed by atoms with E-state index in [0.29, 0.717) is 0 Å². The highest BCUT2D eigenvalue weighted by atomic mass is 79.9. The smallest absolute Gasteiger partial charge is 0.161 e. The first-order chi connectivity index (χ1) is 9.82. The first-order valence-electron chi connectivity index (χ1n) is 6.90. The van der Waals surface area contributed by atoms with Gasteiger partial charge in [-0.3, -0.25) is 0 Å². The minimum absolute atomic E-state index is 0.0595. The molecule has 0 radical (unpaired) electrons. The zero-order chi connectivity index (χ0) is 15.6. The van der Waals surface area contributed by atoms with Crippen LogP contribution in [-0.2, 0) is 5.41 Å². The van der Waals surface area contributed by atoms with Gasteiger partial charge in [0.1, 0.15) is 5.82 Å². The second-order valence-corrected chi connectivity index (χ2v) is 7.55. The topological polar surface area (TPSA) is 37.8 Å². The SMILES string of the molecule is CCNc1nc(-c2ccc(Br)cc2)nc(C(C)(C)C)c1Br. The highest BCUT2D eigenvalue weighted by Crippen LogP contribution is 2.34. The van der Waals surface area contributed by atoms with Crippen LogP contribution in [0.3, 0.4) is 0 Å². The molecule has 1 heterocycles. The van der Waals surface area contributed by atoms with Gasteiger partial charge in [0.05, 0.1) is 10.2 Å². The van der Waals surface area contributed by atoms with Crippen LogP contribution < -0.4 is 5.32 Å². The van der Waals surface area contributed by atoms with Gasteiger partial charge in [-0.15, -0.1) is 0 Å². The lowest BCUT2D eigenvalue weighted by Crippen LogP contribution is -2.17. The third-order valence-electron chi connectivity index (χ3n) is 3.01. The minimum atomic E-state index is -0.0595. The molecule has 0 amide bonds. The fourth-order valence-electron chi connectivity index (χ4n) is 1.96. The maximum atomic E-state index is 4.77. The van der Waals surface area contributed by atoms with Crippen LogP contribution in [0.4, 0.5) is 5.82 Å². The number of anilines is 1. The van der Waals surface area contributed by atoms with Crippen molar-refractivity contribution < 1.29 is 0 Å². The summed E-state index contributed by atoms with van der Waals surface area (Å²) < 4.78 is 1.99. The lowest BCUT2D eigenvalue weighted by molar-refractivity contribution is 0.564. The molecule has 3 nitrogen and oxygen atoms in total. The fourth-order valence-corrected chi connectivity index (χ4v) is 3.13. The summed E-state index contributed by atoms with van der Waals surface area (Å²) >= 11 is 7.10. The van der Waals surface area contributed by atoms with Gasteiger partial charge in [0, 0.05) is 22.0 Å². The summed E-state index contributed by atoms with van der Waals surface area (Å²) in [4.78, 5) is 9.42. The van der Waals surface area contributed by atoms with Gasteiger partial charge in [-0.2, -0.15) is 0 Å². The molecule has 0 saturated carbocycles. The number of aromatic nitrogens is 2. The third kappa shape index (κ3) is 3.83. The fraction of sp³-hybridized carbons (Fsp3) is 0.375. The van der Waals surface area contributed by atoms with Crippen LogP contribution in [0.5, 0.6) is 0 Å². The van der Waals surface area contributed by atoms with E-state index in [1.807, 2.05) is 24.3 Å². The summed E-state index contributed by atoms with van der Waals surface area (Å²) in [5.41, 5.74) is 1.96. The number of nitrogens with zero attached hydrogens (tertiary/aromatic N) is 2. The Morgan fingerprint density at radius 1 is 1.05 bits per heavy atom. The highest BCUT2D eigenvalue weighted by molar-refractivity contribution is 9.11. The summed E-state index contributed by atoms with van der Waals surface area (Å²) in [6.07, 6.45) is 0. The maximum absolute atomic E-state index is 4.77. The van der Waals surface area contributed by atoms with Crippen molar-refractivity contribution in [2.75, 3.05) is 11.9 Å². The van der Waals surface area contributed by atoms with Crippen molar-refractivity contribution >= 4 is 37.7 Å². The van der Waals surface area contributed by atoms with Crippen LogP contribution in [0.2, 0.25) is 0 Å². The number of hydrogen-bond donors (Lipinski definition) is 1. The van der Waals surface area contributed by atoms with Crippen LogP contribution >= 0.6 is 31.9 Å². The molecule has 0 bridgehead atoms. The molecule has 0 fully saturated rings. The highest BCUT2D eigenvalue weighted by Gasteiger charge is 2.23. The standard InChI is InChI=1S/C16H19Br2N3/c1-5-19-15-12(18)13(16(2,3)4)20-14(21-15)10-6-8-11(17)9-7-10/h6-9H,5H2,1-4H3,(H,19,20,21). The van der Waals surface area contributed by atoms with E-state index in [0.717, 1.165) is 38.4 Å². The van der Waals surface area contributed by atoms with Crippen molar-refractivity contribution in [3.05, 3.63) is 38.9 Å². The predicted octanol–water partition coefficient (Wildman–Crippen LogP) is 5.40. The van der Waals surface area contributed by atoms with E-state index < -0.39 is 0 Å². The molecule has 1 aromatic carbocycles. The minimum Gasteiger partial charge on any atom is -0.369 e. The van der Waals surface area contributed by atoms with Crippen molar-refractivity contribution in [2.45, 2.75) is 33.1 Å². The number of hydrogen-bond acceptors (Lipinski definition) is 3. The second kappa shape index (κ2) is 6.44. The molecule has 5 heteroatoms. The molecule has 0 aliphatic rings. The number of benzene rings is 1. The molecule has 2 rings (SSSR count). The maximum Gasteiger partial charge on any atom is 0.161 e. The monoisotopic (exact) mass is 411 g/mol. The molecular weight excluding hydrogens is 394 g/mol. The van der Waals surface area contributed by atoms with E-state index in [9.17, 15) is 0 Å². The first-order valence-corrected chi connectivity index (χ1v) is 8.49. The van der Waals surface area contributed by atoms with Crippen molar-refractivity contribution in [3.8, 4) is 11.4 Å². The average Bonchev–Trinajstić information content (AvgIpc) is 2.41. The van der Waals surface area contributed by atoms with Gasteiger partial charge in [0.25, 0.3) is 0 Å². The summed E-state index contributed by atoms with van der Waals surface area (Å²) in [5, 5.41) is 3.30. The molecule has 0 aliphatic heterocycles. The van der Waals surface area contributed by atoms with Crippen molar-refractivity contribution in [2.24, 2.45) is 0 Å². The van der Waals surface area contributed by atoms with Crippen LogP contribution in [0.15, 0.2) is 33.2 Å². The Balaban J connectivity index is 2.61. The van der Waals surface area contributed by atoms with Crippen LogP contribution in [-0.4, -0.2) is 16.5 Å². The summed E-state index contributed by atoms with van der Waals surface area (Å²) in [7, 11) is 0. The number of halogens is 2. The normalized spacial score (nSPS) is 11.5. The van der Waals surface area contributed by atoms with Gasteiger partial charge < -0.3 is 5.32 Å². The Morgan fingerprint density at radius 2 is 1.67 bits per heavy atom. The van der Waals surface area contributed by atoms with Crippen LogP contribution in [0.1, 0.15) is 33.4 Å². The molecule has 0 spiro atoms. The van der Waals surface area contributed by atoms with Crippen molar-refractivity contribution in [1.29, 1.82) is 0 Å². The largest absolute Gasteiger partial charge is 0.369 e. The van der Waals surface area contributed by atoms with Gasteiger partial charge >= 0.3 is 0 Å². The van der Waals surface area contributed by atoms with E-state index in [1.165, 1.54) is 0 Å².